The van der Waals surface area contributed by atoms with Gasteiger partial charge in [0.1, 0.15) is 0 Å². The van der Waals surface area contributed by atoms with Gasteiger partial charge in [0, 0.05) is 19.1 Å². The highest BCUT2D eigenvalue weighted by molar-refractivity contribution is 4.91. The number of likely N-dealkylation sites (tertiary alicyclic amines) is 1. The lowest BCUT2D eigenvalue weighted by atomic mass is 9.91. The molecular weight excluding hydrogens is 196 g/mol. The van der Waals surface area contributed by atoms with Gasteiger partial charge in [-0.1, -0.05) is 20.8 Å². The van der Waals surface area contributed by atoms with Gasteiger partial charge < -0.3 is 10.2 Å². The second-order valence-electron chi connectivity index (χ2n) is 6.66. The number of rotatable bonds is 4. The topological polar surface area (TPSA) is 15.3 Å². The van der Waals surface area contributed by atoms with Gasteiger partial charge in [0.25, 0.3) is 0 Å². The predicted molar refractivity (Wildman–Crippen MR) is 69.6 cm³/mol. The van der Waals surface area contributed by atoms with Gasteiger partial charge >= 0.3 is 0 Å². The third kappa shape index (κ3) is 3.21. The minimum atomic E-state index is 0.560. The van der Waals surface area contributed by atoms with Crippen LogP contribution in [-0.4, -0.2) is 37.1 Å². The minimum absolute atomic E-state index is 0.560. The molecule has 0 spiro atoms. The van der Waals surface area contributed by atoms with Crippen LogP contribution < -0.4 is 5.32 Å². The number of nitrogens with zero attached hydrogens (tertiary/aromatic N) is 1. The summed E-state index contributed by atoms with van der Waals surface area (Å²) in [7, 11) is 0. The Bertz CT molecular complexity index is 219. The molecule has 2 fully saturated rings. The molecule has 0 amide bonds. The monoisotopic (exact) mass is 224 g/mol. The van der Waals surface area contributed by atoms with Gasteiger partial charge in [-0.05, 0) is 50.1 Å². The molecule has 2 unspecified atom stereocenters. The summed E-state index contributed by atoms with van der Waals surface area (Å²) < 4.78 is 0. The standard InChI is InChI=1S/C14H28N2/c1-12-10-14(2,3)11-13(12)15-6-9-16-7-4-5-8-16/h12-13,15H,4-11H2,1-3H3. The summed E-state index contributed by atoms with van der Waals surface area (Å²) in [5.41, 5.74) is 0.560. The highest BCUT2D eigenvalue weighted by Crippen LogP contribution is 2.40. The average Bonchev–Trinajstić information content (AvgIpc) is 2.75. The van der Waals surface area contributed by atoms with Gasteiger partial charge in [0.05, 0.1) is 0 Å². The van der Waals surface area contributed by atoms with Gasteiger partial charge in [-0.15, -0.1) is 0 Å². The summed E-state index contributed by atoms with van der Waals surface area (Å²) in [5.74, 6) is 0.855. The number of hydrogen-bond acceptors (Lipinski definition) is 2. The molecule has 2 nitrogen and oxygen atoms in total. The normalized spacial score (nSPS) is 34.7. The average molecular weight is 224 g/mol. The molecule has 1 N–H and O–H groups in total. The first-order valence-electron chi connectivity index (χ1n) is 7.03. The predicted octanol–water partition coefficient (Wildman–Crippen LogP) is 2.50. The zero-order valence-electron chi connectivity index (χ0n) is 11.3. The summed E-state index contributed by atoms with van der Waals surface area (Å²) >= 11 is 0. The third-order valence-corrected chi connectivity index (χ3v) is 4.37. The van der Waals surface area contributed by atoms with Crippen LogP contribution in [-0.2, 0) is 0 Å². The summed E-state index contributed by atoms with van der Waals surface area (Å²) in [6, 6.07) is 0.762. The summed E-state index contributed by atoms with van der Waals surface area (Å²) in [6.07, 6.45) is 5.56. The van der Waals surface area contributed by atoms with Crippen molar-refractivity contribution < 1.29 is 0 Å². The van der Waals surface area contributed by atoms with E-state index in [4.69, 9.17) is 0 Å². The van der Waals surface area contributed by atoms with Crippen molar-refractivity contribution >= 4 is 0 Å². The van der Waals surface area contributed by atoms with Crippen molar-refractivity contribution in [1.82, 2.24) is 10.2 Å². The van der Waals surface area contributed by atoms with E-state index in [1.165, 1.54) is 51.9 Å². The zero-order chi connectivity index (χ0) is 11.6. The van der Waals surface area contributed by atoms with Crippen LogP contribution in [0.15, 0.2) is 0 Å². The van der Waals surface area contributed by atoms with Crippen LogP contribution in [0.25, 0.3) is 0 Å². The molecule has 16 heavy (non-hydrogen) atoms. The van der Waals surface area contributed by atoms with Crippen molar-refractivity contribution in [2.24, 2.45) is 11.3 Å². The Morgan fingerprint density at radius 1 is 1.19 bits per heavy atom. The van der Waals surface area contributed by atoms with Crippen LogP contribution in [0.1, 0.15) is 46.5 Å². The lowest BCUT2D eigenvalue weighted by Gasteiger charge is -2.21. The maximum absolute atomic E-state index is 3.77. The first-order valence-corrected chi connectivity index (χ1v) is 7.03. The first kappa shape index (κ1) is 12.4. The van der Waals surface area contributed by atoms with Crippen molar-refractivity contribution in [3.63, 3.8) is 0 Å². The van der Waals surface area contributed by atoms with E-state index in [-0.39, 0.29) is 0 Å². The second-order valence-corrected chi connectivity index (χ2v) is 6.66. The Hall–Kier alpha value is -0.0800. The largest absolute Gasteiger partial charge is 0.312 e. The number of nitrogens with one attached hydrogen (secondary N) is 1. The van der Waals surface area contributed by atoms with Crippen LogP contribution in [0.3, 0.4) is 0 Å². The lowest BCUT2D eigenvalue weighted by molar-refractivity contribution is 0.314. The van der Waals surface area contributed by atoms with Crippen molar-refractivity contribution in [3.05, 3.63) is 0 Å². The van der Waals surface area contributed by atoms with Gasteiger partial charge in [-0.2, -0.15) is 0 Å². The SMILES string of the molecule is CC1CC(C)(C)CC1NCCN1CCCC1. The van der Waals surface area contributed by atoms with Crippen LogP contribution in [0, 0.1) is 11.3 Å². The molecule has 0 aromatic rings. The zero-order valence-corrected chi connectivity index (χ0v) is 11.3. The maximum Gasteiger partial charge on any atom is 0.0107 e. The van der Waals surface area contributed by atoms with Crippen LogP contribution in [0.5, 0.6) is 0 Å². The van der Waals surface area contributed by atoms with Crippen LogP contribution in [0.2, 0.25) is 0 Å². The van der Waals surface area contributed by atoms with E-state index in [0.29, 0.717) is 5.41 Å². The molecule has 1 aliphatic carbocycles. The van der Waals surface area contributed by atoms with E-state index in [1.807, 2.05) is 0 Å². The van der Waals surface area contributed by atoms with Crippen LogP contribution in [0.4, 0.5) is 0 Å². The Balaban J connectivity index is 1.66. The molecule has 1 heterocycles. The van der Waals surface area contributed by atoms with Gasteiger partial charge in [0.2, 0.25) is 0 Å². The molecule has 0 radical (unpaired) electrons. The molecule has 1 aliphatic heterocycles. The smallest absolute Gasteiger partial charge is 0.0107 e. The lowest BCUT2D eigenvalue weighted by Crippen LogP contribution is -2.37. The quantitative estimate of drug-likeness (QED) is 0.789. The molecule has 94 valence electrons. The fraction of sp³-hybridized carbons (Fsp3) is 1.00. The summed E-state index contributed by atoms with van der Waals surface area (Å²) in [5, 5.41) is 3.77. The van der Waals surface area contributed by atoms with Crippen LogP contribution >= 0.6 is 0 Å². The van der Waals surface area contributed by atoms with Gasteiger partial charge in [-0.25, -0.2) is 0 Å². The maximum atomic E-state index is 3.77. The third-order valence-electron chi connectivity index (χ3n) is 4.37. The van der Waals surface area contributed by atoms with Crippen molar-refractivity contribution in [1.29, 1.82) is 0 Å². The Morgan fingerprint density at radius 2 is 1.88 bits per heavy atom. The fourth-order valence-electron chi connectivity index (χ4n) is 3.58. The Kier molecular flexibility index (Phi) is 3.91. The molecule has 1 saturated heterocycles. The van der Waals surface area contributed by atoms with Crippen molar-refractivity contribution in [2.75, 3.05) is 26.2 Å². The number of hydrogen-bond donors (Lipinski definition) is 1. The van der Waals surface area contributed by atoms with E-state index in [2.05, 4.69) is 31.0 Å². The molecule has 0 bridgehead atoms. The summed E-state index contributed by atoms with van der Waals surface area (Å²) in [6.45, 7) is 12.3. The highest BCUT2D eigenvalue weighted by Gasteiger charge is 2.36. The molecular formula is C14H28N2. The molecule has 2 rings (SSSR count). The molecule has 2 heteroatoms. The Labute approximate surface area is 101 Å². The van der Waals surface area contributed by atoms with Crippen molar-refractivity contribution in [2.45, 2.75) is 52.5 Å². The fourth-order valence-corrected chi connectivity index (χ4v) is 3.58. The van der Waals surface area contributed by atoms with E-state index < -0.39 is 0 Å². The van der Waals surface area contributed by atoms with Crippen molar-refractivity contribution in [3.8, 4) is 0 Å². The Morgan fingerprint density at radius 3 is 2.44 bits per heavy atom. The molecule has 0 aromatic heterocycles. The molecule has 2 aliphatic rings. The minimum Gasteiger partial charge on any atom is -0.312 e. The molecule has 0 aromatic carbocycles. The van der Waals surface area contributed by atoms with E-state index in [0.717, 1.165) is 12.0 Å². The van der Waals surface area contributed by atoms with Gasteiger partial charge in [-0.3, -0.25) is 0 Å². The first-order chi connectivity index (χ1) is 7.57. The highest BCUT2D eigenvalue weighted by atomic mass is 15.2. The van der Waals surface area contributed by atoms with E-state index >= 15 is 0 Å². The molecule has 1 saturated carbocycles. The second kappa shape index (κ2) is 5.05. The summed E-state index contributed by atoms with van der Waals surface area (Å²) in [4.78, 5) is 2.60. The molecule has 2 atom stereocenters. The van der Waals surface area contributed by atoms with E-state index in [1.54, 1.807) is 0 Å². The van der Waals surface area contributed by atoms with E-state index in [9.17, 15) is 0 Å². The van der Waals surface area contributed by atoms with Gasteiger partial charge in [0.15, 0.2) is 0 Å².